The van der Waals surface area contributed by atoms with Crippen molar-refractivity contribution < 1.29 is 24.3 Å². The summed E-state index contributed by atoms with van der Waals surface area (Å²) < 4.78 is 0. The van der Waals surface area contributed by atoms with Gasteiger partial charge >= 0.3 is 5.97 Å². The first-order chi connectivity index (χ1) is 19.4. The number of carbonyl (C=O) groups is 4. The van der Waals surface area contributed by atoms with Gasteiger partial charge in [0.1, 0.15) is 12.1 Å². The van der Waals surface area contributed by atoms with Gasteiger partial charge in [0, 0.05) is 31.0 Å². The minimum atomic E-state index is -1.03. The van der Waals surface area contributed by atoms with E-state index in [9.17, 15) is 24.3 Å². The van der Waals surface area contributed by atoms with Gasteiger partial charge in [-0.25, -0.2) is 4.79 Å². The minimum Gasteiger partial charge on any atom is -0.480 e. The topological polar surface area (TPSA) is 107 Å². The van der Waals surface area contributed by atoms with E-state index in [4.69, 9.17) is 0 Å². The maximum absolute atomic E-state index is 13.9. The normalized spacial score (nSPS) is 23.9. The number of nitrogens with one attached hydrogen (secondary N) is 1. The summed E-state index contributed by atoms with van der Waals surface area (Å²) in [6.07, 6.45) is 2.41. The maximum Gasteiger partial charge on any atom is 0.326 e. The zero-order chi connectivity index (χ0) is 28.1. The molecule has 0 unspecified atom stereocenters. The zero-order valence-electron chi connectivity index (χ0n) is 22.4. The Morgan fingerprint density at radius 2 is 1.75 bits per heavy atom. The van der Waals surface area contributed by atoms with Crippen molar-refractivity contribution in [2.45, 2.75) is 55.5 Å². The second-order valence-corrected chi connectivity index (χ2v) is 13.1. The number of aliphatic carboxylic acids is 1. The van der Waals surface area contributed by atoms with Gasteiger partial charge in [-0.05, 0) is 42.4 Å². The molecule has 3 heterocycles. The van der Waals surface area contributed by atoms with Crippen LogP contribution in [0.5, 0.6) is 0 Å². The lowest BCUT2D eigenvalue weighted by Crippen LogP contribution is -2.56. The van der Waals surface area contributed by atoms with E-state index in [2.05, 4.69) is 10.2 Å². The molecule has 4 atom stereocenters. The van der Waals surface area contributed by atoms with Gasteiger partial charge in [-0.15, -0.1) is 0 Å². The Morgan fingerprint density at radius 1 is 1.02 bits per heavy atom. The van der Waals surface area contributed by atoms with Gasteiger partial charge in [0.05, 0.1) is 17.8 Å². The summed E-state index contributed by atoms with van der Waals surface area (Å²) >= 11 is 2.91. The molecule has 0 spiro atoms. The number of carboxylic acids is 1. The number of hydrogen-bond acceptors (Lipinski definition) is 7. The molecule has 212 valence electrons. The Morgan fingerprint density at radius 3 is 2.50 bits per heavy atom. The van der Waals surface area contributed by atoms with Crippen LogP contribution in [0.25, 0.3) is 0 Å². The molecule has 3 aliphatic heterocycles. The molecule has 2 aromatic carbocycles. The number of carboxylic acid groups (broad SMARTS) is 1. The van der Waals surface area contributed by atoms with Crippen molar-refractivity contribution in [1.29, 1.82) is 0 Å². The Kier molecular flexibility index (Phi) is 9.49. The molecule has 0 radical (unpaired) electrons. The quantitative estimate of drug-likeness (QED) is 0.490. The molecule has 0 bridgehead atoms. The molecule has 40 heavy (non-hydrogen) atoms. The van der Waals surface area contributed by atoms with Crippen LogP contribution in [0.3, 0.4) is 0 Å². The van der Waals surface area contributed by atoms with Crippen molar-refractivity contribution in [3.63, 3.8) is 0 Å². The Labute approximate surface area is 243 Å². The lowest BCUT2D eigenvalue weighted by atomic mass is 9.89. The molecule has 3 aliphatic rings. The van der Waals surface area contributed by atoms with Crippen molar-refractivity contribution >= 4 is 46.4 Å². The number of rotatable bonds is 8. The third kappa shape index (κ3) is 6.72. The summed E-state index contributed by atoms with van der Waals surface area (Å²) in [5.41, 5.74) is 2.81. The number of hydrogen-bond donors (Lipinski definition) is 2. The molecular weight excluding hydrogens is 546 g/mol. The third-order valence-electron chi connectivity index (χ3n) is 7.91. The van der Waals surface area contributed by atoms with Crippen LogP contribution in [0.4, 0.5) is 0 Å². The number of fused-ring (bicyclic) bond motifs is 3. The molecule has 2 N–H and O–H groups in total. The molecular formula is C30H35N3O5S2. The molecule has 10 heteroatoms. The monoisotopic (exact) mass is 581 g/mol. The highest BCUT2D eigenvalue weighted by molar-refractivity contribution is 8.14. The van der Waals surface area contributed by atoms with Crippen LogP contribution in [0, 0.1) is 0 Å². The SMILES string of the molecule is O=C(CN1CCSCC1)S[C@@H](Cc1ccccc1)C(=O)N[C@H]1Cc2ccccc2[C@H]2CCC[C@@H](C(=O)O)N2C1=O. The van der Waals surface area contributed by atoms with Crippen molar-refractivity contribution in [3.8, 4) is 0 Å². The van der Waals surface area contributed by atoms with Crippen LogP contribution in [-0.4, -0.2) is 86.3 Å². The highest BCUT2D eigenvalue weighted by atomic mass is 32.2. The average molecular weight is 582 g/mol. The first-order valence-electron chi connectivity index (χ1n) is 13.9. The lowest BCUT2D eigenvalue weighted by Gasteiger charge is -2.40. The van der Waals surface area contributed by atoms with Gasteiger partial charge in [0.25, 0.3) is 0 Å². The fourth-order valence-electron chi connectivity index (χ4n) is 5.92. The van der Waals surface area contributed by atoms with E-state index < -0.39 is 23.3 Å². The van der Waals surface area contributed by atoms with Crippen molar-refractivity contribution in [2.75, 3.05) is 31.1 Å². The molecule has 2 saturated heterocycles. The van der Waals surface area contributed by atoms with Crippen molar-refractivity contribution in [3.05, 3.63) is 71.3 Å². The summed E-state index contributed by atoms with van der Waals surface area (Å²) in [5.74, 6) is 0.205. The standard InChI is InChI=1S/C30H35N3O5S2/c34-27(19-32-13-15-39-16-14-32)40-26(17-20-7-2-1-3-8-20)28(35)31-23-18-21-9-4-5-10-22(21)24-11-6-12-25(30(37)38)33(24)29(23)36/h1-5,7-10,23-26H,6,11-19H2,(H,31,35)(H,37,38)/t23-,24+,25-,26-/m0/s1. The molecule has 8 nitrogen and oxygen atoms in total. The average Bonchev–Trinajstić information content (AvgIpc) is 3.08. The molecule has 5 rings (SSSR count). The Balaban J connectivity index is 1.38. The second-order valence-electron chi connectivity index (χ2n) is 10.6. The molecule has 2 fully saturated rings. The van der Waals surface area contributed by atoms with Gasteiger partial charge < -0.3 is 15.3 Å². The Bertz CT molecular complexity index is 1240. The van der Waals surface area contributed by atoms with Crippen LogP contribution in [0.1, 0.15) is 42.0 Å². The highest BCUT2D eigenvalue weighted by Gasteiger charge is 2.45. The lowest BCUT2D eigenvalue weighted by molar-refractivity contribution is -0.156. The number of carbonyl (C=O) groups excluding carboxylic acids is 3. The molecule has 2 aromatic rings. The largest absolute Gasteiger partial charge is 0.480 e. The number of thioether (sulfide) groups is 2. The van der Waals surface area contributed by atoms with Gasteiger partial charge in [0.2, 0.25) is 16.9 Å². The van der Waals surface area contributed by atoms with E-state index >= 15 is 0 Å². The van der Waals surface area contributed by atoms with Crippen molar-refractivity contribution in [2.24, 2.45) is 0 Å². The van der Waals surface area contributed by atoms with E-state index in [1.165, 1.54) is 4.90 Å². The first kappa shape index (κ1) is 28.7. The van der Waals surface area contributed by atoms with E-state index in [0.29, 0.717) is 25.7 Å². The van der Waals surface area contributed by atoms with E-state index in [0.717, 1.165) is 53.0 Å². The predicted octanol–water partition coefficient (Wildman–Crippen LogP) is 3.15. The summed E-state index contributed by atoms with van der Waals surface area (Å²) in [5, 5.41) is 12.1. The number of piperidine rings is 1. The van der Waals surface area contributed by atoms with Crippen LogP contribution in [0.2, 0.25) is 0 Å². The number of amides is 2. The zero-order valence-corrected chi connectivity index (χ0v) is 24.0. The fourth-order valence-corrected chi connectivity index (χ4v) is 7.92. The molecule has 0 saturated carbocycles. The third-order valence-corrected chi connectivity index (χ3v) is 9.91. The van der Waals surface area contributed by atoms with Crippen LogP contribution < -0.4 is 5.32 Å². The summed E-state index contributed by atoms with van der Waals surface area (Å²) in [4.78, 5) is 56.6. The molecule has 2 amide bonds. The van der Waals surface area contributed by atoms with Crippen LogP contribution in [-0.2, 0) is 32.0 Å². The van der Waals surface area contributed by atoms with E-state index in [-0.39, 0.29) is 35.9 Å². The first-order valence-corrected chi connectivity index (χ1v) is 15.9. The highest BCUT2D eigenvalue weighted by Crippen LogP contribution is 2.39. The van der Waals surface area contributed by atoms with Crippen molar-refractivity contribution in [1.82, 2.24) is 15.1 Å². The summed E-state index contributed by atoms with van der Waals surface area (Å²) in [6.45, 7) is 1.99. The van der Waals surface area contributed by atoms with Gasteiger partial charge in [-0.3, -0.25) is 19.3 Å². The second kappa shape index (κ2) is 13.2. The van der Waals surface area contributed by atoms with Gasteiger partial charge in [-0.1, -0.05) is 66.4 Å². The Hall–Kier alpha value is -2.82. The van der Waals surface area contributed by atoms with E-state index in [1.807, 2.05) is 66.4 Å². The number of nitrogens with zero attached hydrogens (tertiary/aromatic N) is 2. The summed E-state index contributed by atoms with van der Waals surface area (Å²) in [7, 11) is 0. The summed E-state index contributed by atoms with van der Waals surface area (Å²) in [6, 6.07) is 15.1. The minimum absolute atomic E-state index is 0.0671. The predicted molar refractivity (Wildman–Crippen MR) is 157 cm³/mol. The fraction of sp³-hybridized carbons (Fsp3) is 0.467. The van der Waals surface area contributed by atoms with Crippen LogP contribution in [0.15, 0.2) is 54.6 Å². The number of benzene rings is 2. The molecule has 0 aliphatic carbocycles. The maximum atomic E-state index is 13.9. The van der Waals surface area contributed by atoms with Gasteiger partial charge in [0.15, 0.2) is 0 Å². The molecule has 0 aromatic heterocycles. The van der Waals surface area contributed by atoms with Crippen LogP contribution >= 0.6 is 23.5 Å². The van der Waals surface area contributed by atoms with Gasteiger partial charge in [-0.2, -0.15) is 11.8 Å². The smallest absolute Gasteiger partial charge is 0.326 e. The van der Waals surface area contributed by atoms with E-state index in [1.54, 1.807) is 0 Å².